The van der Waals surface area contributed by atoms with Gasteiger partial charge in [0, 0.05) is 13.1 Å². The molecular weight excluding hydrogens is 469 g/mol. The molecule has 0 unspecified atom stereocenters. The van der Waals surface area contributed by atoms with Crippen molar-refractivity contribution < 1.29 is 13.9 Å². The van der Waals surface area contributed by atoms with Crippen LogP contribution in [0.5, 0.6) is 5.75 Å². The molecule has 8 nitrogen and oxygen atoms in total. The molecule has 0 aliphatic heterocycles. The number of aryl methyl sites for hydroxylation is 2. The number of methoxy groups -OCH3 is 1. The van der Waals surface area contributed by atoms with Crippen molar-refractivity contribution in [1.29, 1.82) is 0 Å². The molecule has 35 heavy (non-hydrogen) atoms. The zero-order chi connectivity index (χ0) is 24.9. The van der Waals surface area contributed by atoms with Crippen LogP contribution in [0.1, 0.15) is 23.7 Å². The zero-order valence-electron chi connectivity index (χ0n) is 19.7. The van der Waals surface area contributed by atoms with Gasteiger partial charge >= 0.3 is 0 Å². The van der Waals surface area contributed by atoms with Crippen LogP contribution in [0.2, 0.25) is 0 Å². The lowest BCUT2D eigenvalue weighted by molar-refractivity contribution is -0.118. The van der Waals surface area contributed by atoms with Gasteiger partial charge in [-0.3, -0.25) is 18.8 Å². The van der Waals surface area contributed by atoms with E-state index in [0.717, 1.165) is 11.1 Å². The lowest BCUT2D eigenvalue weighted by atomic mass is 10.2. The summed E-state index contributed by atoms with van der Waals surface area (Å²) in [6.07, 6.45) is 0. The fourth-order valence-corrected chi connectivity index (χ4v) is 4.53. The maximum absolute atomic E-state index is 13.6. The van der Waals surface area contributed by atoms with Gasteiger partial charge in [0.05, 0.1) is 25.1 Å². The van der Waals surface area contributed by atoms with E-state index in [1.807, 2.05) is 38.1 Å². The first-order valence-electron chi connectivity index (χ1n) is 11.1. The molecule has 2 aromatic carbocycles. The molecule has 0 spiro atoms. The van der Waals surface area contributed by atoms with Crippen molar-refractivity contribution in [2.24, 2.45) is 0 Å². The van der Waals surface area contributed by atoms with E-state index >= 15 is 0 Å². The molecule has 1 N–H and O–H groups in total. The number of carbonyl (C=O) groups excluding carboxylic acids is 1. The van der Waals surface area contributed by atoms with Gasteiger partial charge in [-0.15, -0.1) is 0 Å². The van der Waals surface area contributed by atoms with Gasteiger partial charge in [0.2, 0.25) is 5.91 Å². The van der Waals surface area contributed by atoms with E-state index in [1.165, 1.54) is 23.9 Å². The molecule has 10 heteroatoms. The Labute approximate surface area is 206 Å². The highest BCUT2D eigenvalue weighted by molar-refractivity contribution is 7.99. The lowest BCUT2D eigenvalue weighted by Crippen LogP contribution is -2.28. The normalized spacial score (nSPS) is 11.1. The molecule has 0 atom stereocenters. The molecule has 0 aliphatic rings. The first kappa shape index (κ1) is 24.5. The van der Waals surface area contributed by atoms with Crippen LogP contribution in [-0.2, 0) is 24.4 Å². The van der Waals surface area contributed by atoms with Crippen LogP contribution in [0.4, 0.5) is 4.39 Å². The smallest absolute Gasteiger partial charge is 0.280 e. The molecule has 2 aromatic heterocycles. The molecule has 2 heterocycles. The SMILES string of the molecule is CCn1nc(C)c2nc(SCC(=O)NCc3ccc(F)cc3)n(Cc3cccc(OC)c3)c(=O)c21. The van der Waals surface area contributed by atoms with E-state index in [2.05, 4.69) is 10.4 Å². The van der Waals surface area contributed by atoms with E-state index in [4.69, 9.17) is 9.72 Å². The number of ether oxygens (including phenoxy) is 1. The maximum Gasteiger partial charge on any atom is 0.280 e. The molecule has 0 saturated carbocycles. The second kappa shape index (κ2) is 10.7. The van der Waals surface area contributed by atoms with E-state index < -0.39 is 0 Å². The van der Waals surface area contributed by atoms with E-state index in [9.17, 15) is 14.0 Å². The quantitative estimate of drug-likeness (QED) is 0.282. The summed E-state index contributed by atoms with van der Waals surface area (Å²) in [6.45, 7) is 4.83. The molecule has 4 aromatic rings. The Hall–Kier alpha value is -3.66. The number of rotatable bonds is 9. The molecule has 0 fully saturated rings. The van der Waals surface area contributed by atoms with Gasteiger partial charge in [-0.05, 0) is 49.2 Å². The number of amides is 1. The van der Waals surface area contributed by atoms with E-state index in [-0.39, 0.29) is 36.1 Å². The maximum atomic E-state index is 13.6. The number of halogens is 1. The Kier molecular flexibility index (Phi) is 7.50. The minimum atomic E-state index is -0.326. The van der Waals surface area contributed by atoms with Crippen LogP contribution in [0.15, 0.2) is 58.5 Å². The van der Waals surface area contributed by atoms with E-state index in [1.54, 1.807) is 28.5 Å². The lowest BCUT2D eigenvalue weighted by Gasteiger charge is -2.13. The monoisotopic (exact) mass is 495 g/mol. The second-order valence-electron chi connectivity index (χ2n) is 7.93. The van der Waals surface area contributed by atoms with Gasteiger partial charge < -0.3 is 10.1 Å². The number of fused-ring (bicyclic) bond motifs is 1. The van der Waals surface area contributed by atoms with Crippen LogP contribution >= 0.6 is 11.8 Å². The van der Waals surface area contributed by atoms with Crippen molar-refractivity contribution in [3.63, 3.8) is 0 Å². The largest absolute Gasteiger partial charge is 0.497 e. The summed E-state index contributed by atoms with van der Waals surface area (Å²) in [7, 11) is 1.59. The predicted octanol–water partition coefficient (Wildman–Crippen LogP) is 3.53. The topological polar surface area (TPSA) is 91.0 Å². The summed E-state index contributed by atoms with van der Waals surface area (Å²) >= 11 is 1.19. The van der Waals surface area contributed by atoms with Crippen LogP contribution < -0.4 is 15.6 Å². The van der Waals surface area contributed by atoms with Gasteiger partial charge in [-0.1, -0.05) is 36.0 Å². The fraction of sp³-hybridized carbons (Fsp3) is 0.280. The summed E-state index contributed by atoms with van der Waals surface area (Å²) in [5.74, 6) is 0.210. The highest BCUT2D eigenvalue weighted by atomic mass is 32.2. The van der Waals surface area contributed by atoms with Crippen molar-refractivity contribution in [3.8, 4) is 5.75 Å². The fourth-order valence-electron chi connectivity index (χ4n) is 3.70. The minimum Gasteiger partial charge on any atom is -0.497 e. The average Bonchev–Trinajstić information content (AvgIpc) is 3.19. The third-order valence-electron chi connectivity index (χ3n) is 5.49. The average molecular weight is 496 g/mol. The predicted molar refractivity (Wildman–Crippen MR) is 133 cm³/mol. The van der Waals surface area contributed by atoms with Crippen LogP contribution in [-0.4, -0.2) is 38.1 Å². The Bertz CT molecular complexity index is 1420. The Morgan fingerprint density at radius 1 is 1.17 bits per heavy atom. The number of hydrogen-bond acceptors (Lipinski definition) is 6. The van der Waals surface area contributed by atoms with Crippen molar-refractivity contribution in [2.45, 2.75) is 38.6 Å². The number of hydrogen-bond donors (Lipinski definition) is 1. The molecule has 1 amide bonds. The number of aromatic nitrogens is 4. The van der Waals surface area contributed by atoms with Gasteiger partial charge in [-0.2, -0.15) is 5.10 Å². The second-order valence-corrected chi connectivity index (χ2v) is 8.87. The molecule has 0 aliphatic carbocycles. The van der Waals surface area contributed by atoms with Crippen molar-refractivity contribution >= 4 is 28.7 Å². The van der Waals surface area contributed by atoms with Crippen LogP contribution in [0, 0.1) is 12.7 Å². The van der Waals surface area contributed by atoms with Gasteiger partial charge in [0.1, 0.15) is 17.1 Å². The molecular formula is C25H26FN5O3S. The first-order chi connectivity index (χ1) is 16.9. The summed E-state index contributed by atoms with van der Waals surface area (Å²) in [5, 5.41) is 7.71. The summed E-state index contributed by atoms with van der Waals surface area (Å²) in [6, 6.07) is 13.4. The Morgan fingerprint density at radius 2 is 1.94 bits per heavy atom. The van der Waals surface area contributed by atoms with Gasteiger partial charge in [0.15, 0.2) is 10.7 Å². The zero-order valence-corrected chi connectivity index (χ0v) is 20.6. The Morgan fingerprint density at radius 3 is 2.66 bits per heavy atom. The third-order valence-corrected chi connectivity index (χ3v) is 6.47. The number of thioether (sulfide) groups is 1. The summed E-state index contributed by atoms with van der Waals surface area (Å²) in [4.78, 5) is 30.8. The van der Waals surface area contributed by atoms with Crippen LogP contribution in [0.3, 0.4) is 0 Å². The van der Waals surface area contributed by atoms with Crippen LogP contribution in [0.25, 0.3) is 11.0 Å². The highest BCUT2D eigenvalue weighted by Crippen LogP contribution is 2.22. The minimum absolute atomic E-state index is 0.0677. The molecule has 0 bridgehead atoms. The van der Waals surface area contributed by atoms with Gasteiger partial charge in [-0.25, -0.2) is 9.37 Å². The van der Waals surface area contributed by atoms with Gasteiger partial charge in [0.25, 0.3) is 5.56 Å². The summed E-state index contributed by atoms with van der Waals surface area (Å²) < 4.78 is 21.6. The van der Waals surface area contributed by atoms with Crippen molar-refractivity contribution in [1.82, 2.24) is 24.6 Å². The van der Waals surface area contributed by atoms with Crippen molar-refractivity contribution in [2.75, 3.05) is 12.9 Å². The summed E-state index contributed by atoms with van der Waals surface area (Å²) in [5.41, 5.74) is 3.09. The molecule has 0 radical (unpaired) electrons. The molecule has 4 rings (SSSR count). The number of nitrogens with zero attached hydrogens (tertiary/aromatic N) is 4. The Balaban J connectivity index is 1.61. The van der Waals surface area contributed by atoms with E-state index in [0.29, 0.717) is 34.2 Å². The third kappa shape index (κ3) is 5.54. The van der Waals surface area contributed by atoms with Crippen molar-refractivity contribution in [3.05, 3.63) is 81.5 Å². The molecule has 182 valence electrons. The number of benzene rings is 2. The standard InChI is InChI=1S/C25H26FN5O3S/c1-4-31-23-22(16(2)29-31)28-25(30(24(23)33)14-18-6-5-7-20(12-18)34-3)35-15-21(32)27-13-17-8-10-19(26)11-9-17/h5-12H,4,13-15H2,1-3H3,(H,27,32). The first-order valence-corrected chi connectivity index (χ1v) is 12.1. The number of nitrogens with one attached hydrogen (secondary N) is 1. The molecule has 0 saturated heterocycles. The number of carbonyl (C=O) groups is 1. The highest BCUT2D eigenvalue weighted by Gasteiger charge is 2.19.